The number of nitrogens with zero attached hydrogens (tertiary/aromatic N) is 2. The lowest BCUT2D eigenvalue weighted by atomic mass is 10.1. The predicted octanol–water partition coefficient (Wildman–Crippen LogP) is 2.65. The molecule has 0 fully saturated rings. The molecule has 0 saturated heterocycles. The van der Waals surface area contributed by atoms with Crippen LogP contribution in [0.15, 0.2) is 30.5 Å². The van der Waals surface area contributed by atoms with Gasteiger partial charge in [-0.05, 0) is 25.1 Å². The highest BCUT2D eigenvalue weighted by molar-refractivity contribution is 6.05. The molecule has 2 aromatic rings. The third kappa shape index (κ3) is 3.88. The van der Waals surface area contributed by atoms with Gasteiger partial charge in [0.2, 0.25) is 5.91 Å². The predicted molar refractivity (Wildman–Crippen MR) is 84.3 cm³/mol. The van der Waals surface area contributed by atoms with Gasteiger partial charge in [0, 0.05) is 18.7 Å². The average Bonchev–Trinajstić information content (AvgIpc) is 2.50. The van der Waals surface area contributed by atoms with E-state index in [0.29, 0.717) is 5.69 Å². The van der Waals surface area contributed by atoms with Crippen molar-refractivity contribution in [3.05, 3.63) is 57.7 Å². The Morgan fingerprint density at radius 2 is 1.96 bits per heavy atom. The Labute approximate surface area is 135 Å². The Bertz CT molecular complexity index is 838. The Morgan fingerprint density at radius 1 is 1.25 bits per heavy atom. The lowest BCUT2D eigenvalue weighted by molar-refractivity contribution is -0.385. The quantitative estimate of drug-likeness (QED) is 0.660. The maximum atomic E-state index is 13.6. The first-order valence-corrected chi connectivity index (χ1v) is 6.77. The van der Waals surface area contributed by atoms with Crippen molar-refractivity contribution in [3.63, 3.8) is 0 Å². The number of hydrogen-bond acceptors (Lipinski definition) is 5. The standard InChI is InChI=1S/C15H13FN4O4/c1-8-12(6-11(7-17-8)20(23)24)15(22)19-10-3-4-13(16)14(5-10)18-9(2)21/h3-7H,1-2H3,(H,18,21)(H,19,22). The molecule has 0 atom stereocenters. The number of aryl methyl sites for hydroxylation is 1. The van der Waals surface area contributed by atoms with Crippen LogP contribution in [-0.2, 0) is 4.79 Å². The van der Waals surface area contributed by atoms with Gasteiger partial charge >= 0.3 is 0 Å². The smallest absolute Gasteiger partial charge is 0.288 e. The summed E-state index contributed by atoms with van der Waals surface area (Å²) in [5.41, 5.74) is 0.144. The Balaban J connectivity index is 2.28. The lowest BCUT2D eigenvalue weighted by Crippen LogP contribution is -2.15. The summed E-state index contributed by atoms with van der Waals surface area (Å²) in [7, 11) is 0. The van der Waals surface area contributed by atoms with Crippen LogP contribution in [-0.4, -0.2) is 21.7 Å². The summed E-state index contributed by atoms with van der Waals surface area (Å²) >= 11 is 0. The van der Waals surface area contributed by atoms with Gasteiger partial charge in [-0.2, -0.15) is 0 Å². The zero-order valence-corrected chi connectivity index (χ0v) is 12.8. The number of pyridine rings is 1. The van der Waals surface area contributed by atoms with E-state index in [2.05, 4.69) is 15.6 Å². The summed E-state index contributed by atoms with van der Waals surface area (Å²) in [5.74, 6) is -1.75. The van der Waals surface area contributed by atoms with Crippen LogP contribution >= 0.6 is 0 Å². The fraction of sp³-hybridized carbons (Fsp3) is 0.133. The van der Waals surface area contributed by atoms with E-state index in [0.717, 1.165) is 18.3 Å². The van der Waals surface area contributed by atoms with E-state index in [1.165, 1.54) is 26.0 Å². The van der Waals surface area contributed by atoms with Crippen molar-refractivity contribution in [1.82, 2.24) is 4.98 Å². The lowest BCUT2D eigenvalue weighted by Gasteiger charge is -2.10. The van der Waals surface area contributed by atoms with Gasteiger partial charge in [0.15, 0.2) is 0 Å². The minimum atomic E-state index is -0.657. The third-order valence-electron chi connectivity index (χ3n) is 3.06. The van der Waals surface area contributed by atoms with E-state index in [9.17, 15) is 24.1 Å². The molecule has 0 radical (unpaired) electrons. The van der Waals surface area contributed by atoms with E-state index < -0.39 is 22.6 Å². The summed E-state index contributed by atoms with van der Waals surface area (Å²) in [6.45, 7) is 2.76. The molecule has 1 aromatic carbocycles. The monoisotopic (exact) mass is 332 g/mol. The molecule has 2 rings (SSSR count). The summed E-state index contributed by atoms with van der Waals surface area (Å²) in [4.78, 5) is 37.2. The number of anilines is 2. The number of halogens is 1. The van der Waals surface area contributed by atoms with Gasteiger partial charge in [-0.1, -0.05) is 0 Å². The van der Waals surface area contributed by atoms with Crippen molar-refractivity contribution in [1.29, 1.82) is 0 Å². The van der Waals surface area contributed by atoms with Gasteiger partial charge in [0.1, 0.15) is 12.0 Å². The maximum absolute atomic E-state index is 13.6. The maximum Gasteiger partial charge on any atom is 0.288 e. The molecule has 1 heterocycles. The molecular weight excluding hydrogens is 319 g/mol. The fourth-order valence-electron chi connectivity index (χ4n) is 1.94. The molecule has 0 unspecified atom stereocenters. The molecule has 8 nitrogen and oxygen atoms in total. The van der Waals surface area contributed by atoms with Crippen LogP contribution in [0.3, 0.4) is 0 Å². The second kappa shape index (κ2) is 6.82. The van der Waals surface area contributed by atoms with Gasteiger partial charge in [-0.25, -0.2) is 4.39 Å². The van der Waals surface area contributed by atoms with Crippen molar-refractivity contribution in [2.75, 3.05) is 10.6 Å². The molecule has 9 heteroatoms. The first-order chi connectivity index (χ1) is 11.3. The number of carbonyl (C=O) groups is 2. The Morgan fingerprint density at radius 3 is 2.58 bits per heavy atom. The van der Waals surface area contributed by atoms with Crippen molar-refractivity contribution in [2.45, 2.75) is 13.8 Å². The minimum Gasteiger partial charge on any atom is -0.324 e. The number of nitrogens with one attached hydrogen (secondary N) is 2. The summed E-state index contributed by atoms with van der Waals surface area (Å²) in [6.07, 6.45) is 1.05. The molecule has 124 valence electrons. The van der Waals surface area contributed by atoms with E-state index in [4.69, 9.17) is 0 Å². The van der Waals surface area contributed by atoms with Crippen molar-refractivity contribution in [2.24, 2.45) is 0 Å². The van der Waals surface area contributed by atoms with E-state index in [1.807, 2.05) is 0 Å². The highest BCUT2D eigenvalue weighted by atomic mass is 19.1. The fourth-order valence-corrected chi connectivity index (χ4v) is 1.94. The largest absolute Gasteiger partial charge is 0.324 e. The first kappa shape index (κ1) is 17.0. The molecule has 1 aromatic heterocycles. The first-order valence-electron chi connectivity index (χ1n) is 6.77. The van der Waals surface area contributed by atoms with Gasteiger partial charge in [0.05, 0.1) is 21.9 Å². The second-order valence-electron chi connectivity index (χ2n) is 4.91. The third-order valence-corrected chi connectivity index (χ3v) is 3.06. The van der Waals surface area contributed by atoms with Gasteiger partial charge in [-0.3, -0.25) is 24.7 Å². The number of benzene rings is 1. The van der Waals surface area contributed by atoms with Gasteiger partial charge < -0.3 is 10.6 Å². The molecule has 0 aliphatic carbocycles. The molecule has 0 aliphatic rings. The molecule has 0 bridgehead atoms. The van der Waals surface area contributed by atoms with E-state index >= 15 is 0 Å². The van der Waals surface area contributed by atoms with Crippen LogP contribution < -0.4 is 10.6 Å². The van der Waals surface area contributed by atoms with Gasteiger partial charge in [-0.15, -0.1) is 0 Å². The summed E-state index contributed by atoms with van der Waals surface area (Å²) in [6, 6.07) is 4.74. The molecule has 0 spiro atoms. The Hall–Kier alpha value is -3.36. The summed E-state index contributed by atoms with van der Waals surface area (Å²) in [5, 5.41) is 15.6. The number of hydrogen-bond donors (Lipinski definition) is 2. The number of carbonyl (C=O) groups excluding carboxylic acids is 2. The molecular formula is C15H13FN4O4. The van der Waals surface area contributed by atoms with Crippen LogP contribution in [0.25, 0.3) is 0 Å². The highest BCUT2D eigenvalue weighted by Gasteiger charge is 2.16. The highest BCUT2D eigenvalue weighted by Crippen LogP contribution is 2.21. The summed E-state index contributed by atoms with van der Waals surface area (Å²) < 4.78 is 13.6. The van der Waals surface area contributed by atoms with Crippen LogP contribution in [0.4, 0.5) is 21.5 Å². The second-order valence-corrected chi connectivity index (χ2v) is 4.91. The van der Waals surface area contributed by atoms with Crippen LogP contribution in [0.5, 0.6) is 0 Å². The number of rotatable bonds is 4. The molecule has 0 aliphatic heterocycles. The molecule has 24 heavy (non-hydrogen) atoms. The topological polar surface area (TPSA) is 114 Å². The number of nitro groups is 1. The normalized spacial score (nSPS) is 10.1. The molecule has 2 amide bonds. The van der Waals surface area contributed by atoms with E-state index in [1.54, 1.807) is 0 Å². The van der Waals surface area contributed by atoms with Crippen molar-refractivity contribution < 1.29 is 18.9 Å². The van der Waals surface area contributed by atoms with E-state index in [-0.39, 0.29) is 22.6 Å². The van der Waals surface area contributed by atoms with Crippen LogP contribution in [0.2, 0.25) is 0 Å². The van der Waals surface area contributed by atoms with Crippen LogP contribution in [0.1, 0.15) is 23.0 Å². The number of amides is 2. The number of aromatic nitrogens is 1. The molecule has 2 N–H and O–H groups in total. The van der Waals surface area contributed by atoms with Gasteiger partial charge in [0.25, 0.3) is 11.6 Å². The average molecular weight is 332 g/mol. The zero-order chi connectivity index (χ0) is 17.9. The minimum absolute atomic E-state index is 0.0228. The van der Waals surface area contributed by atoms with Crippen molar-refractivity contribution in [3.8, 4) is 0 Å². The molecule has 0 saturated carbocycles. The Kier molecular flexibility index (Phi) is 4.83. The SMILES string of the molecule is CC(=O)Nc1cc(NC(=O)c2cc([N+](=O)[O-])cnc2C)ccc1F. The van der Waals surface area contributed by atoms with Crippen LogP contribution in [0, 0.1) is 22.9 Å². The zero-order valence-electron chi connectivity index (χ0n) is 12.8. The van der Waals surface area contributed by atoms with Crippen molar-refractivity contribution >= 4 is 28.9 Å².